The zero-order valence-corrected chi connectivity index (χ0v) is 12.2. The third-order valence-corrected chi connectivity index (χ3v) is 3.92. The van der Waals surface area contributed by atoms with Crippen LogP contribution in [0.25, 0.3) is 5.52 Å². The van der Waals surface area contributed by atoms with Gasteiger partial charge in [-0.15, -0.1) is 0 Å². The summed E-state index contributed by atoms with van der Waals surface area (Å²) >= 11 is 3.37. The lowest BCUT2D eigenvalue weighted by molar-refractivity contribution is 0.0577. The molecular weight excluding hydrogens is 328 g/mol. The van der Waals surface area contributed by atoms with Crippen molar-refractivity contribution in [3.8, 4) is 0 Å². The van der Waals surface area contributed by atoms with Crippen LogP contribution in [0.5, 0.6) is 0 Å². The number of carboxylic acids is 1. The van der Waals surface area contributed by atoms with Gasteiger partial charge in [-0.3, -0.25) is 0 Å². The number of nitrogens with zero attached hydrogens (tertiary/aromatic N) is 2. The lowest BCUT2D eigenvalue weighted by Gasteiger charge is -2.03. The van der Waals surface area contributed by atoms with Gasteiger partial charge in [-0.25, -0.2) is 14.1 Å². The molecule has 0 unspecified atom stereocenters. The zero-order chi connectivity index (χ0) is 14.4. The van der Waals surface area contributed by atoms with Gasteiger partial charge in [0.2, 0.25) is 0 Å². The Labute approximate surface area is 122 Å². The molecular formula is C13H11BrN2O4. The minimum absolute atomic E-state index is 0.125. The summed E-state index contributed by atoms with van der Waals surface area (Å²) < 4.78 is 6.62. The second-order valence-corrected chi connectivity index (χ2v) is 5.52. The number of rotatable bonds is 3. The molecule has 0 radical (unpaired) electrons. The molecule has 1 N–H and O–H groups in total. The van der Waals surface area contributed by atoms with Crippen LogP contribution in [0.2, 0.25) is 0 Å². The highest BCUT2D eigenvalue weighted by atomic mass is 79.9. The van der Waals surface area contributed by atoms with Crippen LogP contribution in [-0.4, -0.2) is 33.8 Å². The summed E-state index contributed by atoms with van der Waals surface area (Å²) in [5.41, 5.74) is 1.14. The fourth-order valence-electron chi connectivity index (χ4n) is 2.23. The summed E-state index contributed by atoms with van der Waals surface area (Å²) in [7, 11) is 1.20. The van der Waals surface area contributed by atoms with Crippen molar-refractivity contribution in [1.82, 2.24) is 9.61 Å². The van der Waals surface area contributed by atoms with Crippen molar-refractivity contribution in [2.24, 2.45) is 0 Å². The Morgan fingerprint density at radius 3 is 2.70 bits per heavy atom. The number of pyridine rings is 1. The Morgan fingerprint density at radius 1 is 1.45 bits per heavy atom. The summed E-state index contributed by atoms with van der Waals surface area (Å²) in [6.45, 7) is 0. The first-order valence-electron chi connectivity index (χ1n) is 6.06. The number of carbonyl (C=O) groups excluding carboxylic acids is 1. The number of aromatic carboxylic acids is 1. The lowest BCUT2D eigenvalue weighted by atomic mass is 10.1. The summed E-state index contributed by atoms with van der Waals surface area (Å²) in [5, 5.41) is 13.4. The molecule has 1 aliphatic rings. The predicted molar refractivity (Wildman–Crippen MR) is 73.2 cm³/mol. The van der Waals surface area contributed by atoms with E-state index in [4.69, 9.17) is 0 Å². The molecule has 0 saturated heterocycles. The first kappa shape index (κ1) is 13.1. The molecule has 3 rings (SSSR count). The molecule has 104 valence electrons. The monoisotopic (exact) mass is 338 g/mol. The average molecular weight is 339 g/mol. The van der Waals surface area contributed by atoms with E-state index in [-0.39, 0.29) is 11.3 Å². The van der Waals surface area contributed by atoms with Gasteiger partial charge < -0.3 is 9.84 Å². The number of carboxylic acid groups (broad SMARTS) is 1. The van der Waals surface area contributed by atoms with Crippen LogP contribution < -0.4 is 0 Å². The number of ether oxygens (including phenoxy) is 1. The standard InChI is InChI=1S/C13H11BrN2O4/c1-20-13(19)11-10(12(17)18)8-4-7(6-2-3-6)5-9(14)16(8)15-11/h4-6H,2-3H2,1H3,(H,17,18). The molecule has 7 heteroatoms. The third kappa shape index (κ3) is 1.98. The number of hydrogen-bond acceptors (Lipinski definition) is 4. The van der Waals surface area contributed by atoms with Crippen LogP contribution in [0.1, 0.15) is 45.2 Å². The van der Waals surface area contributed by atoms with E-state index >= 15 is 0 Å². The Hall–Kier alpha value is -1.89. The maximum atomic E-state index is 11.7. The van der Waals surface area contributed by atoms with E-state index in [9.17, 15) is 14.7 Å². The first-order chi connectivity index (χ1) is 9.52. The summed E-state index contributed by atoms with van der Waals surface area (Å²) in [4.78, 5) is 23.1. The first-order valence-corrected chi connectivity index (χ1v) is 6.86. The molecule has 2 aromatic heterocycles. The maximum absolute atomic E-state index is 11.7. The van der Waals surface area contributed by atoms with Crippen molar-refractivity contribution >= 4 is 33.4 Å². The lowest BCUT2D eigenvalue weighted by Crippen LogP contribution is -2.08. The third-order valence-electron chi connectivity index (χ3n) is 3.35. The highest BCUT2D eigenvalue weighted by Gasteiger charge is 2.29. The van der Waals surface area contributed by atoms with E-state index in [0.717, 1.165) is 18.4 Å². The highest BCUT2D eigenvalue weighted by Crippen LogP contribution is 2.41. The van der Waals surface area contributed by atoms with Gasteiger partial charge >= 0.3 is 11.9 Å². The van der Waals surface area contributed by atoms with Gasteiger partial charge in [0.25, 0.3) is 0 Å². The van der Waals surface area contributed by atoms with Gasteiger partial charge in [0, 0.05) is 0 Å². The molecule has 1 saturated carbocycles. The highest BCUT2D eigenvalue weighted by molar-refractivity contribution is 9.10. The van der Waals surface area contributed by atoms with Crippen LogP contribution in [0.4, 0.5) is 0 Å². The van der Waals surface area contributed by atoms with E-state index in [0.29, 0.717) is 16.0 Å². The maximum Gasteiger partial charge on any atom is 0.359 e. The van der Waals surface area contributed by atoms with Crippen molar-refractivity contribution in [3.05, 3.63) is 33.6 Å². The van der Waals surface area contributed by atoms with Crippen molar-refractivity contribution in [3.63, 3.8) is 0 Å². The fraction of sp³-hybridized carbons (Fsp3) is 0.308. The number of esters is 1. The van der Waals surface area contributed by atoms with Crippen LogP contribution in [0.3, 0.4) is 0 Å². The largest absolute Gasteiger partial charge is 0.478 e. The molecule has 6 nitrogen and oxygen atoms in total. The molecule has 2 aromatic rings. The topological polar surface area (TPSA) is 80.9 Å². The van der Waals surface area contributed by atoms with Crippen LogP contribution >= 0.6 is 15.9 Å². The predicted octanol–water partition coefficient (Wildman–Crippen LogP) is 2.46. The van der Waals surface area contributed by atoms with Gasteiger partial charge in [0.05, 0.1) is 12.6 Å². The minimum Gasteiger partial charge on any atom is -0.478 e. The second-order valence-electron chi connectivity index (χ2n) is 4.70. The minimum atomic E-state index is -1.19. The number of fused-ring (bicyclic) bond motifs is 1. The van der Waals surface area contributed by atoms with Crippen molar-refractivity contribution < 1.29 is 19.4 Å². The zero-order valence-electron chi connectivity index (χ0n) is 10.6. The molecule has 1 aliphatic carbocycles. The molecule has 1 fully saturated rings. The Kier molecular flexibility index (Phi) is 3.01. The SMILES string of the molecule is COC(=O)c1nn2c(Br)cc(C3CC3)cc2c1C(=O)O. The number of methoxy groups -OCH3 is 1. The molecule has 0 aromatic carbocycles. The van der Waals surface area contributed by atoms with Crippen molar-refractivity contribution in [1.29, 1.82) is 0 Å². The molecule has 0 atom stereocenters. The number of carbonyl (C=O) groups is 2. The molecule has 0 amide bonds. The Morgan fingerprint density at radius 2 is 2.15 bits per heavy atom. The van der Waals surface area contributed by atoms with Gasteiger partial charge in [0.15, 0.2) is 5.69 Å². The smallest absolute Gasteiger partial charge is 0.359 e. The number of aromatic nitrogens is 2. The van der Waals surface area contributed by atoms with Crippen LogP contribution in [0, 0.1) is 0 Å². The molecule has 0 spiro atoms. The molecule has 20 heavy (non-hydrogen) atoms. The molecule has 2 heterocycles. The number of halogens is 1. The van der Waals surface area contributed by atoms with Crippen LogP contribution in [-0.2, 0) is 4.74 Å². The van der Waals surface area contributed by atoms with Gasteiger partial charge in [-0.05, 0) is 52.4 Å². The molecule has 0 bridgehead atoms. The normalized spacial score (nSPS) is 14.5. The summed E-state index contributed by atoms with van der Waals surface area (Å²) in [6.07, 6.45) is 2.20. The van der Waals surface area contributed by atoms with Gasteiger partial charge in [0.1, 0.15) is 10.2 Å². The summed E-state index contributed by atoms with van der Waals surface area (Å²) in [5.74, 6) is -1.49. The fourth-order valence-corrected chi connectivity index (χ4v) is 2.76. The van der Waals surface area contributed by atoms with E-state index in [2.05, 4.69) is 25.8 Å². The van der Waals surface area contributed by atoms with E-state index in [1.54, 1.807) is 6.07 Å². The van der Waals surface area contributed by atoms with E-state index in [1.165, 1.54) is 11.6 Å². The van der Waals surface area contributed by atoms with E-state index in [1.807, 2.05) is 6.07 Å². The molecule has 0 aliphatic heterocycles. The Balaban J connectivity index is 2.31. The Bertz CT molecular complexity index is 734. The van der Waals surface area contributed by atoms with Crippen molar-refractivity contribution in [2.45, 2.75) is 18.8 Å². The summed E-state index contributed by atoms with van der Waals surface area (Å²) in [6, 6.07) is 3.69. The van der Waals surface area contributed by atoms with Crippen LogP contribution in [0.15, 0.2) is 16.7 Å². The van der Waals surface area contributed by atoms with E-state index < -0.39 is 11.9 Å². The van der Waals surface area contributed by atoms with Gasteiger partial charge in [-0.2, -0.15) is 5.10 Å². The van der Waals surface area contributed by atoms with Gasteiger partial charge in [-0.1, -0.05) is 0 Å². The number of hydrogen-bond donors (Lipinski definition) is 1. The quantitative estimate of drug-likeness (QED) is 0.686. The second kappa shape index (κ2) is 4.59. The average Bonchev–Trinajstić information content (AvgIpc) is 3.17. The van der Waals surface area contributed by atoms with Crippen molar-refractivity contribution in [2.75, 3.05) is 7.11 Å².